The van der Waals surface area contributed by atoms with Crippen molar-refractivity contribution in [1.29, 1.82) is 0 Å². The number of hydrogen-bond acceptors (Lipinski definition) is 5. The first-order valence-electron chi connectivity index (χ1n) is 8.29. The Balaban J connectivity index is 1.55. The Kier molecular flexibility index (Phi) is 5.47. The summed E-state index contributed by atoms with van der Waals surface area (Å²) in [4.78, 5) is 13.9. The normalized spacial score (nSPS) is 18.9. The van der Waals surface area contributed by atoms with Gasteiger partial charge in [-0.3, -0.25) is 4.98 Å². The first-order valence-corrected chi connectivity index (χ1v) is 8.29. The molecule has 1 saturated heterocycles. The number of hydrogen-bond donors (Lipinski definition) is 1. The molecule has 3 rings (SSSR count). The quantitative estimate of drug-likeness (QED) is 0.897. The van der Waals surface area contributed by atoms with Crippen LogP contribution in [0.25, 0.3) is 0 Å². The molecule has 8 heteroatoms. The van der Waals surface area contributed by atoms with Crippen molar-refractivity contribution in [2.45, 2.75) is 31.5 Å². The van der Waals surface area contributed by atoms with Crippen LogP contribution in [0.1, 0.15) is 24.1 Å². The molecule has 0 saturated carbocycles. The number of rotatable bonds is 5. The number of likely N-dealkylation sites (tertiary alicyclic amines) is 1. The van der Waals surface area contributed by atoms with Crippen molar-refractivity contribution in [2.75, 3.05) is 25.0 Å². The van der Waals surface area contributed by atoms with E-state index in [0.717, 1.165) is 51.2 Å². The maximum atomic E-state index is 12.7. The molecule has 1 aliphatic heterocycles. The van der Waals surface area contributed by atoms with E-state index >= 15 is 0 Å². The molecule has 1 N–H and O–H groups in total. The molecule has 1 atom stereocenters. The third kappa shape index (κ3) is 5.12. The Morgan fingerprint density at radius 1 is 1.24 bits per heavy atom. The van der Waals surface area contributed by atoms with Crippen LogP contribution in [0.15, 0.2) is 36.8 Å². The Morgan fingerprint density at radius 3 is 2.88 bits per heavy atom. The lowest BCUT2D eigenvalue weighted by Gasteiger charge is -2.33. The minimum Gasteiger partial charge on any atom is -0.350 e. The average molecular weight is 351 g/mol. The molecular weight excluding hydrogens is 331 g/mol. The summed E-state index contributed by atoms with van der Waals surface area (Å²) in [7, 11) is 0. The van der Waals surface area contributed by atoms with Gasteiger partial charge < -0.3 is 10.2 Å². The number of nitrogens with one attached hydrogen (secondary N) is 1. The van der Waals surface area contributed by atoms with Crippen LogP contribution in [0.4, 0.5) is 19.1 Å². The van der Waals surface area contributed by atoms with E-state index < -0.39 is 11.9 Å². The second-order valence-corrected chi connectivity index (χ2v) is 6.16. The van der Waals surface area contributed by atoms with Gasteiger partial charge in [-0.05, 0) is 43.5 Å². The maximum Gasteiger partial charge on any atom is 0.433 e. The Labute approximate surface area is 144 Å². The first kappa shape index (κ1) is 17.6. The fraction of sp³-hybridized carbons (Fsp3) is 0.471. The van der Waals surface area contributed by atoms with E-state index in [2.05, 4.69) is 25.2 Å². The molecule has 0 spiro atoms. The third-order valence-corrected chi connectivity index (χ3v) is 4.22. The molecule has 134 valence electrons. The smallest absolute Gasteiger partial charge is 0.350 e. The van der Waals surface area contributed by atoms with E-state index in [1.807, 2.05) is 18.3 Å². The molecule has 0 bridgehead atoms. The second kappa shape index (κ2) is 7.77. The Hall–Kier alpha value is -2.22. The molecule has 1 unspecified atom stereocenters. The van der Waals surface area contributed by atoms with Crippen LogP contribution in [0, 0.1) is 0 Å². The monoisotopic (exact) mass is 351 g/mol. The molecule has 2 aromatic heterocycles. The number of pyridine rings is 1. The van der Waals surface area contributed by atoms with Crippen LogP contribution < -0.4 is 5.32 Å². The van der Waals surface area contributed by atoms with Crippen molar-refractivity contribution in [3.05, 3.63) is 48.0 Å². The van der Waals surface area contributed by atoms with Gasteiger partial charge in [-0.1, -0.05) is 6.07 Å². The summed E-state index contributed by atoms with van der Waals surface area (Å²) in [5, 5.41) is 3.05. The van der Waals surface area contributed by atoms with Gasteiger partial charge in [0, 0.05) is 37.7 Å². The number of nitrogens with zero attached hydrogens (tertiary/aromatic N) is 4. The molecule has 5 nitrogen and oxygen atoms in total. The van der Waals surface area contributed by atoms with Crippen LogP contribution in [0.5, 0.6) is 0 Å². The molecule has 0 aliphatic carbocycles. The van der Waals surface area contributed by atoms with Gasteiger partial charge in [-0.15, -0.1) is 0 Å². The topological polar surface area (TPSA) is 53.9 Å². The van der Waals surface area contributed by atoms with Crippen LogP contribution in [0.3, 0.4) is 0 Å². The molecule has 3 heterocycles. The summed E-state index contributed by atoms with van der Waals surface area (Å²) in [6, 6.07) is 4.89. The zero-order valence-corrected chi connectivity index (χ0v) is 13.7. The molecule has 0 amide bonds. The van der Waals surface area contributed by atoms with Crippen molar-refractivity contribution in [2.24, 2.45) is 0 Å². The van der Waals surface area contributed by atoms with Gasteiger partial charge in [0.15, 0.2) is 0 Å². The zero-order chi connectivity index (χ0) is 17.7. The summed E-state index contributed by atoms with van der Waals surface area (Å²) in [5.41, 5.74) is 0.257. The van der Waals surface area contributed by atoms with Gasteiger partial charge in [-0.25, -0.2) is 9.97 Å². The Morgan fingerprint density at radius 2 is 2.12 bits per heavy atom. The molecule has 0 radical (unpaired) electrons. The van der Waals surface area contributed by atoms with Crippen molar-refractivity contribution >= 4 is 5.95 Å². The van der Waals surface area contributed by atoms with E-state index in [0.29, 0.717) is 0 Å². The number of piperidine rings is 1. The van der Waals surface area contributed by atoms with Crippen LogP contribution in [-0.2, 0) is 12.6 Å². The highest BCUT2D eigenvalue weighted by atomic mass is 19.4. The molecule has 1 fully saturated rings. The van der Waals surface area contributed by atoms with Gasteiger partial charge in [0.25, 0.3) is 0 Å². The van der Waals surface area contributed by atoms with Gasteiger partial charge in [0.2, 0.25) is 5.95 Å². The van der Waals surface area contributed by atoms with E-state index in [1.165, 1.54) is 5.56 Å². The molecule has 0 aromatic carbocycles. The summed E-state index contributed by atoms with van der Waals surface area (Å²) >= 11 is 0. The largest absolute Gasteiger partial charge is 0.433 e. The molecular formula is C17H20F3N5. The predicted octanol–water partition coefficient (Wildman–Crippen LogP) is 3.01. The lowest BCUT2D eigenvalue weighted by molar-refractivity contribution is -0.141. The van der Waals surface area contributed by atoms with Gasteiger partial charge in [0.1, 0.15) is 5.69 Å². The van der Waals surface area contributed by atoms with Gasteiger partial charge in [0.05, 0.1) is 0 Å². The fourth-order valence-electron chi connectivity index (χ4n) is 2.98. The minimum absolute atomic E-state index is 0.0361. The number of anilines is 1. The lowest BCUT2D eigenvalue weighted by Crippen LogP contribution is -2.43. The first-order chi connectivity index (χ1) is 12.0. The van der Waals surface area contributed by atoms with E-state index in [1.54, 1.807) is 6.20 Å². The van der Waals surface area contributed by atoms with Crippen molar-refractivity contribution in [1.82, 2.24) is 19.9 Å². The van der Waals surface area contributed by atoms with Crippen LogP contribution in [-0.4, -0.2) is 45.5 Å². The number of alkyl halides is 3. The SMILES string of the molecule is FC(F)(F)c1ccnc(NC2CCCN(CCc3cccnc3)C2)n1. The maximum absolute atomic E-state index is 12.7. The predicted molar refractivity (Wildman–Crippen MR) is 88.1 cm³/mol. The zero-order valence-electron chi connectivity index (χ0n) is 13.7. The number of halogens is 3. The van der Waals surface area contributed by atoms with Gasteiger partial charge >= 0.3 is 6.18 Å². The highest BCUT2D eigenvalue weighted by Gasteiger charge is 2.33. The highest BCUT2D eigenvalue weighted by molar-refractivity contribution is 5.28. The van der Waals surface area contributed by atoms with Crippen molar-refractivity contribution in [3.8, 4) is 0 Å². The molecule has 1 aliphatic rings. The third-order valence-electron chi connectivity index (χ3n) is 4.22. The molecule has 25 heavy (non-hydrogen) atoms. The lowest BCUT2D eigenvalue weighted by atomic mass is 10.1. The van der Waals surface area contributed by atoms with Crippen molar-refractivity contribution in [3.63, 3.8) is 0 Å². The highest BCUT2D eigenvalue weighted by Crippen LogP contribution is 2.27. The van der Waals surface area contributed by atoms with Gasteiger partial charge in [-0.2, -0.15) is 13.2 Å². The summed E-state index contributed by atoms with van der Waals surface area (Å²) < 4.78 is 38.2. The molecule has 2 aromatic rings. The standard InChI is InChI=1S/C17H20F3N5/c18-17(19,20)15-5-8-22-16(24-15)23-14-4-2-9-25(12-14)10-6-13-3-1-7-21-11-13/h1,3,5,7-8,11,14H,2,4,6,9-10,12H2,(H,22,23,24). The van der Waals surface area contributed by atoms with E-state index in [9.17, 15) is 13.2 Å². The Bertz CT molecular complexity index is 677. The van der Waals surface area contributed by atoms with E-state index in [-0.39, 0.29) is 12.0 Å². The van der Waals surface area contributed by atoms with E-state index in [4.69, 9.17) is 0 Å². The minimum atomic E-state index is -4.46. The van der Waals surface area contributed by atoms with Crippen LogP contribution >= 0.6 is 0 Å². The van der Waals surface area contributed by atoms with Crippen molar-refractivity contribution < 1.29 is 13.2 Å². The van der Waals surface area contributed by atoms with Crippen LogP contribution in [0.2, 0.25) is 0 Å². The number of aromatic nitrogens is 3. The summed E-state index contributed by atoms with van der Waals surface area (Å²) in [6.45, 7) is 2.65. The fourth-order valence-corrected chi connectivity index (χ4v) is 2.98. The summed E-state index contributed by atoms with van der Waals surface area (Å²) in [5.74, 6) is 0.0361. The average Bonchev–Trinajstić information content (AvgIpc) is 2.61. The summed E-state index contributed by atoms with van der Waals surface area (Å²) in [6.07, 6.45) is 3.08. The second-order valence-electron chi connectivity index (χ2n) is 6.16.